The van der Waals surface area contributed by atoms with Gasteiger partial charge in [-0.15, -0.1) is 0 Å². The first-order chi connectivity index (χ1) is 12.5. The Bertz CT molecular complexity index is 863. The van der Waals surface area contributed by atoms with Crippen LogP contribution in [0.2, 0.25) is 0 Å². The number of hydrogen-bond acceptors (Lipinski definition) is 3. The normalized spacial score (nSPS) is 15.1. The van der Waals surface area contributed by atoms with E-state index in [0.717, 1.165) is 18.4 Å². The molecule has 0 aromatic heterocycles. The number of benzene rings is 2. The predicted octanol–water partition coefficient (Wildman–Crippen LogP) is 3.81. The molecule has 0 radical (unpaired) electrons. The minimum absolute atomic E-state index is 0.226. The lowest BCUT2D eigenvalue weighted by molar-refractivity contribution is 0.0919. The van der Waals surface area contributed by atoms with Gasteiger partial charge in [0.25, 0.3) is 11.8 Å². The number of hydrogen-bond donors (Lipinski definition) is 2. The molecule has 0 spiro atoms. The van der Waals surface area contributed by atoms with Crippen molar-refractivity contribution in [2.75, 3.05) is 5.32 Å². The van der Waals surface area contributed by atoms with Gasteiger partial charge in [0.05, 0.1) is 6.07 Å². The summed E-state index contributed by atoms with van der Waals surface area (Å²) in [6, 6.07) is 16.3. The van der Waals surface area contributed by atoms with Crippen LogP contribution in [-0.2, 0) is 0 Å². The maximum Gasteiger partial charge on any atom is 0.255 e. The number of nitrogens with zero attached hydrogens (tertiary/aromatic N) is 1. The van der Waals surface area contributed by atoms with E-state index in [4.69, 9.17) is 0 Å². The van der Waals surface area contributed by atoms with E-state index in [9.17, 15) is 14.9 Å². The summed E-state index contributed by atoms with van der Waals surface area (Å²) < 4.78 is 0. The molecule has 2 aromatic carbocycles. The Balaban J connectivity index is 1.78. The molecule has 2 N–H and O–H groups in total. The van der Waals surface area contributed by atoms with Crippen LogP contribution in [0.15, 0.2) is 48.5 Å². The molecular formula is C21H21N3O2. The van der Waals surface area contributed by atoms with E-state index in [-0.39, 0.29) is 11.8 Å². The second-order valence-corrected chi connectivity index (χ2v) is 6.70. The highest BCUT2D eigenvalue weighted by Crippen LogP contribution is 2.29. The fourth-order valence-corrected chi connectivity index (χ4v) is 3.21. The number of anilines is 1. The van der Waals surface area contributed by atoms with Crippen molar-refractivity contribution in [3.63, 3.8) is 0 Å². The molecule has 0 aliphatic heterocycles. The Hall–Kier alpha value is -3.13. The zero-order chi connectivity index (χ0) is 18.6. The van der Waals surface area contributed by atoms with Crippen LogP contribution in [0.4, 0.5) is 5.69 Å². The van der Waals surface area contributed by atoms with Crippen molar-refractivity contribution in [3.05, 3.63) is 65.2 Å². The van der Waals surface area contributed by atoms with Crippen LogP contribution in [0.3, 0.4) is 0 Å². The van der Waals surface area contributed by atoms with Crippen LogP contribution in [0.5, 0.6) is 0 Å². The van der Waals surface area contributed by atoms with E-state index in [0.29, 0.717) is 29.7 Å². The van der Waals surface area contributed by atoms with E-state index in [2.05, 4.69) is 16.7 Å². The van der Waals surface area contributed by atoms with Crippen molar-refractivity contribution in [2.45, 2.75) is 38.1 Å². The predicted molar refractivity (Wildman–Crippen MR) is 99.9 cm³/mol. The highest BCUT2D eigenvalue weighted by atomic mass is 16.2. The van der Waals surface area contributed by atoms with Gasteiger partial charge < -0.3 is 10.6 Å². The van der Waals surface area contributed by atoms with Crippen LogP contribution in [0.1, 0.15) is 52.0 Å². The molecule has 1 fully saturated rings. The standard InChI is InChI=1S/C21H21N3O2/c1-15-9-10-17(20(26)24-21(14-22)11-5-6-12-21)13-18(15)23-19(25)16-7-3-2-4-8-16/h2-4,7-10,13H,5-6,11-12H2,1H3,(H,23,25)(H,24,26). The number of nitriles is 1. The third kappa shape index (κ3) is 3.75. The Labute approximate surface area is 153 Å². The molecule has 1 aliphatic carbocycles. The summed E-state index contributed by atoms with van der Waals surface area (Å²) >= 11 is 0. The average molecular weight is 347 g/mol. The molecule has 2 aromatic rings. The van der Waals surface area contributed by atoms with Gasteiger partial charge in [0.1, 0.15) is 5.54 Å². The van der Waals surface area contributed by atoms with Crippen LogP contribution < -0.4 is 10.6 Å². The molecule has 1 saturated carbocycles. The van der Waals surface area contributed by atoms with Gasteiger partial charge >= 0.3 is 0 Å². The van der Waals surface area contributed by atoms with Crippen LogP contribution in [-0.4, -0.2) is 17.4 Å². The van der Waals surface area contributed by atoms with Gasteiger partial charge in [0, 0.05) is 16.8 Å². The number of aryl methyl sites for hydroxylation is 1. The largest absolute Gasteiger partial charge is 0.334 e. The molecule has 0 atom stereocenters. The number of nitrogens with one attached hydrogen (secondary N) is 2. The summed E-state index contributed by atoms with van der Waals surface area (Å²) in [4.78, 5) is 25.0. The Morgan fingerprint density at radius 1 is 1.00 bits per heavy atom. The first-order valence-electron chi connectivity index (χ1n) is 8.74. The zero-order valence-electron chi connectivity index (χ0n) is 14.7. The third-order valence-corrected chi connectivity index (χ3v) is 4.81. The van der Waals surface area contributed by atoms with E-state index in [1.54, 1.807) is 42.5 Å². The number of rotatable bonds is 4. The lowest BCUT2D eigenvalue weighted by Gasteiger charge is -2.22. The van der Waals surface area contributed by atoms with Crippen LogP contribution >= 0.6 is 0 Å². The van der Waals surface area contributed by atoms with Crippen molar-refractivity contribution in [3.8, 4) is 6.07 Å². The molecule has 5 heteroatoms. The van der Waals surface area contributed by atoms with Gasteiger partial charge in [0.2, 0.25) is 0 Å². The molecule has 1 aliphatic rings. The van der Waals surface area contributed by atoms with E-state index >= 15 is 0 Å². The molecule has 132 valence electrons. The Morgan fingerprint density at radius 2 is 1.69 bits per heavy atom. The van der Waals surface area contributed by atoms with Gasteiger partial charge in [-0.05, 0) is 62.4 Å². The molecular weight excluding hydrogens is 326 g/mol. The lowest BCUT2D eigenvalue weighted by atomic mass is 9.99. The highest BCUT2D eigenvalue weighted by Gasteiger charge is 2.35. The highest BCUT2D eigenvalue weighted by molar-refractivity contribution is 6.05. The summed E-state index contributed by atoms with van der Waals surface area (Å²) in [6.45, 7) is 1.87. The van der Waals surface area contributed by atoms with Gasteiger partial charge in [-0.1, -0.05) is 24.3 Å². The molecule has 0 heterocycles. The summed E-state index contributed by atoms with van der Waals surface area (Å²) in [5, 5.41) is 15.2. The van der Waals surface area contributed by atoms with Gasteiger partial charge in [0.15, 0.2) is 0 Å². The zero-order valence-corrected chi connectivity index (χ0v) is 14.7. The van der Waals surface area contributed by atoms with Crippen molar-refractivity contribution in [1.29, 1.82) is 5.26 Å². The van der Waals surface area contributed by atoms with Gasteiger partial charge in [-0.2, -0.15) is 5.26 Å². The maximum atomic E-state index is 12.6. The quantitative estimate of drug-likeness (QED) is 0.882. The molecule has 26 heavy (non-hydrogen) atoms. The fourth-order valence-electron chi connectivity index (χ4n) is 3.21. The van der Waals surface area contributed by atoms with Gasteiger partial charge in [-0.3, -0.25) is 9.59 Å². The second kappa shape index (κ2) is 7.40. The first kappa shape index (κ1) is 17.7. The molecule has 0 saturated heterocycles. The van der Waals surface area contributed by atoms with Crippen molar-refractivity contribution >= 4 is 17.5 Å². The van der Waals surface area contributed by atoms with Crippen LogP contribution in [0, 0.1) is 18.3 Å². The van der Waals surface area contributed by atoms with Crippen LogP contribution in [0.25, 0.3) is 0 Å². The van der Waals surface area contributed by atoms with E-state index < -0.39 is 5.54 Å². The monoisotopic (exact) mass is 347 g/mol. The molecule has 0 unspecified atom stereocenters. The topological polar surface area (TPSA) is 82.0 Å². The number of amides is 2. The smallest absolute Gasteiger partial charge is 0.255 e. The van der Waals surface area contributed by atoms with Gasteiger partial charge in [-0.25, -0.2) is 0 Å². The van der Waals surface area contributed by atoms with Crippen molar-refractivity contribution in [2.24, 2.45) is 0 Å². The van der Waals surface area contributed by atoms with E-state index in [1.165, 1.54) is 0 Å². The summed E-state index contributed by atoms with van der Waals surface area (Å²) in [7, 11) is 0. The summed E-state index contributed by atoms with van der Waals surface area (Å²) in [5.74, 6) is -0.515. The number of carbonyl (C=O) groups excluding carboxylic acids is 2. The minimum Gasteiger partial charge on any atom is -0.334 e. The second-order valence-electron chi connectivity index (χ2n) is 6.70. The molecule has 5 nitrogen and oxygen atoms in total. The maximum absolute atomic E-state index is 12.6. The molecule has 3 rings (SSSR count). The Kier molecular flexibility index (Phi) is 5.04. The third-order valence-electron chi connectivity index (χ3n) is 4.81. The van der Waals surface area contributed by atoms with Crippen molar-refractivity contribution in [1.82, 2.24) is 5.32 Å². The Morgan fingerprint density at radius 3 is 2.35 bits per heavy atom. The first-order valence-corrected chi connectivity index (χ1v) is 8.74. The summed E-state index contributed by atoms with van der Waals surface area (Å²) in [5.41, 5.74) is 1.66. The molecule has 2 amide bonds. The SMILES string of the molecule is Cc1ccc(C(=O)NC2(C#N)CCCC2)cc1NC(=O)c1ccccc1. The van der Waals surface area contributed by atoms with E-state index in [1.807, 2.05) is 13.0 Å². The average Bonchev–Trinajstić information content (AvgIpc) is 3.13. The fraction of sp³-hybridized carbons (Fsp3) is 0.286. The van der Waals surface area contributed by atoms with Crippen molar-refractivity contribution < 1.29 is 9.59 Å². The molecule has 0 bridgehead atoms. The summed E-state index contributed by atoms with van der Waals surface area (Å²) in [6.07, 6.45) is 3.25. The number of carbonyl (C=O) groups is 2. The lowest BCUT2D eigenvalue weighted by Crippen LogP contribution is -2.45. The minimum atomic E-state index is -0.768.